The van der Waals surface area contributed by atoms with Crippen molar-refractivity contribution in [2.24, 2.45) is 5.10 Å². The highest BCUT2D eigenvalue weighted by atomic mass is 32.2. The first-order chi connectivity index (χ1) is 21.9. The predicted octanol–water partition coefficient (Wildman–Crippen LogP) is 5.47. The number of ether oxygens (including phenoxy) is 2. The molecule has 5 rings (SSSR count). The van der Waals surface area contributed by atoms with Crippen LogP contribution < -0.4 is 15.5 Å². The molecule has 0 fully saturated rings. The number of aromatic amines is 1. The molecule has 2 aromatic heterocycles. The Bertz CT molecular complexity index is 1810. The van der Waals surface area contributed by atoms with E-state index in [2.05, 4.69) is 30.8 Å². The van der Waals surface area contributed by atoms with Gasteiger partial charge in [-0.05, 0) is 36.8 Å². The number of aromatic nitrogens is 3. The van der Waals surface area contributed by atoms with Gasteiger partial charge in [-0.25, -0.2) is 20.2 Å². The summed E-state index contributed by atoms with van der Waals surface area (Å²) in [5.74, 6) is 0.112. The van der Waals surface area contributed by atoms with E-state index in [1.807, 2.05) is 55.5 Å². The first-order valence-corrected chi connectivity index (χ1v) is 15.3. The topological polar surface area (TPSA) is 174 Å². The number of nitrogens with zero attached hydrogens (tertiary/aromatic N) is 4. The minimum absolute atomic E-state index is 0.0318. The van der Waals surface area contributed by atoms with Crippen LogP contribution in [0.2, 0.25) is 0 Å². The quantitative estimate of drug-likeness (QED) is 0.0853. The molecular weight excluding hydrogens is 619 g/mol. The molecule has 5 aromatic rings. The van der Waals surface area contributed by atoms with Gasteiger partial charge in [-0.1, -0.05) is 48.2 Å². The number of carbonyl (C=O) groups is 2. The van der Waals surface area contributed by atoms with Crippen molar-refractivity contribution < 1.29 is 24.0 Å². The SMILES string of the molecule is CCOc1ccc2nc(Sc3ccc(/C=N\NC(=O)[C@H](Cc4cnc[nH]4)NC(=O)OCc4ccccc4)cc3[N+](=O)[O-])sc2c1. The number of nitro groups is 1. The summed E-state index contributed by atoms with van der Waals surface area (Å²) in [5.41, 5.74) is 4.81. The number of carbonyl (C=O) groups excluding carboxylic acids is 2. The zero-order valence-electron chi connectivity index (χ0n) is 23.8. The third kappa shape index (κ3) is 8.64. The number of benzene rings is 3. The Hall–Kier alpha value is -5.28. The minimum atomic E-state index is -1.04. The van der Waals surface area contributed by atoms with Gasteiger partial charge < -0.3 is 19.8 Å². The highest BCUT2D eigenvalue weighted by molar-refractivity contribution is 8.01. The Morgan fingerprint density at radius 2 is 2.02 bits per heavy atom. The molecule has 13 nitrogen and oxygen atoms in total. The van der Waals surface area contributed by atoms with Crippen molar-refractivity contribution in [3.63, 3.8) is 0 Å². The van der Waals surface area contributed by atoms with Crippen LogP contribution in [0.3, 0.4) is 0 Å². The van der Waals surface area contributed by atoms with E-state index in [4.69, 9.17) is 9.47 Å². The molecule has 0 saturated heterocycles. The molecule has 0 aliphatic rings. The van der Waals surface area contributed by atoms with Crippen LogP contribution in [-0.2, 0) is 22.6 Å². The highest BCUT2D eigenvalue weighted by Gasteiger charge is 2.23. The summed E-state index contributed by atoms with van der Waals surface area (Å²) in [6.07, 6.45) is 3.59. The summed E-state index contributed by atoms with van der Waals surface area (Å²) >= 11 is 2.60. The number of nitro benzene ring substituents is 1. The summed E-state index contributed by atoms with van der Waals surface area (Å²) in [7, 11) is 0. The Balaban J connectivity index is 1.24. The second-order valence-corrected chi connectivity index (χ2v) is 11.7. The number of hydrogen-bond donors (Lipinski definition) is 3. The molecule has 0 unspecified atom stereocenters. The lowest BCUT2D eigenvalue weighted by Gasteiger charge is -2.16. The van der Waals surface area contributed by atoms with Crippen molar-refractivity contribution >= 4 is 57.2 Å². The minimum Gasteiger partial charge on any atom is -0.494 e. The molecule has 15 heteroatoms. The number of hydrazone groups is 1. The van der Waals surface area contributed by atoms with Crippen molar-refractivity contribution in [3.8, 4) is 5.75 Å². The molecule has 0 aliphatic heterocycles. The fourth-order valence-corrected chi connectivity index (χ4v) is 6.24. The van der Waals surface area contributed by atoms with E-state index in [0.717, 1.165) is 21.5 Å². The molecule has 0 aliphatic carbocycles. The van der Waals surface area contributed by atoms with Crippen LogP contribution in [0.5, 0.6) is 5.75 Å². The van der Waals surface area contributed by atoms with Crippen LogP contribution >= 0.6 is 23.1 Å². The van der Waals surface area contributed by atoms with Gasteiger partial charge >= 0.3 is 6.09 Å². The number of amides is 2. The van der Waals surface area contributed by atoms with Crippen LogP contribution in [0.25, 0.3) is 10.2 Å². The summed E-state index contributed by atoms with van der Waals surface area (Å²) in [5, 5.41) is 18.4. The van der Waals surface area contributed by atoms with Crippen molar-refractivity contribution in [2.45, 2.75) is 35.2 Å². The molecule has 1 atom stereocenters. The van der Waals surface area contributed by atoms with Gasteiger partial charge in [0.1, 0.15) is 18.4 Å². The van der Waals surface area contributed by atoms with E-state index in [1.165, 1.54) is 47.9 Å². The maximum absolute atomic E-state index is 13.0. The van der Waals surface area contributed by atoms with Crippen molar-refractivity contribution in [3.05, 3.63) is 106 Å². The molecule has 45 heavy (non-hydrogen) atoms. The molecule has 3 aromatic carbocycles. The first-order valence-electron chi connectivity index (χ1n) is 13.6. The number of fused-ring (bicyclic) bond motifs is 1. The van der Waals surface area contributed by atoms with Crippen LogP contribution in [0.4, 0.5) is 10.5 Å². The average Bonchev–Trinajstić information content (AvgIpc) is 3.70. The molecule has 0 saturated carbocycles. The van der Waals surface area contributed by atoms with Crippen molar-refractivity contribution in [1.29, 1.82) is 0 Å². The molecule has 3 N–H and O–H groups in total. The number of alkyl carbamates (subject to hydrolysis) is 1. The Labute approximate surface area is 265 Å². The van der Waals surface area contributed by atoms with Gasteiger partial charge in [0, 0.05) is 29.9 Å². The van der Waals surface area contributed by atoms with Gasteiger partial charge in [0.25, 0.3) is 11.6 Å². The second-order valence-electron chi connectivity index (χ2n) is 9.40. The first kappa shape index (κ1) is 31.2. The second kappa shape index (κ2) is 14.9. The maximum Gasteiger partial charge on any atom is 0.408 e. The Morgan fingerprint density at radius 3 is 2.78 bits per heavy atom. The van der Waals surface area contributed by atoms with Gasteiger partial charge in [-0.3, -0.25) is 14.9 Å². The molecular formula is C30H27N7O6S2. The van der Waals surface area contributed by atoms with Gasteiger partial charge in [0.05, 0.1) is 39.2 Å². The number of hydrogen-bond acceptors (Lipinski definition) is 11. The molecule has 0 radical (unpaired) electrons. The number of rotatable bonds is 13. The number of H-pyrrole nitrogens is 1. The van der Waals surface area contributed by atoms with Gasteiger partial charge in [-0.2, -0.15) is 5.10 Å². The standard InChI is InChI=1S/C30H27N7O6S2/c1-2-42-22-9-10-23-27(14-22)45-30(35-23)44-26-11-8-20(12-25(26)37(40)41)15-33-36-28(38)24(13-21-16-31-18-32-21)34-29(39)43-17-19-6-4-3-5-7-19/h3-12,14-16,18,24H,2,13,17H2,1H3,(H,31,32)(H,34,39)(H,36,38)/b33-15-/t24-/m0/s1. The van der Waals surface area contributed by atoms with Crippen LogP contribution in [-0.4, -0.2) is 50.7 Å². The monoisotopic (exact) mass is 645 g/mol. The fourth-order valence-electron chi connectivity index (χ4n) is 4.10. The Kier molecular flexibility index (Phi) is 10.3. The summed E-state index contributed by atoms with van der Waals surface area (Å²) < 4.78 is 12.4. The van der Waals surface area contributed by atoms with Crippen LogP contribution in [0.1, 0.15) is 23.7 Å². The average molecular weight is 646 g/mol. The summed E-state index contributed by atoms with van der Waals surface area (Å²) in [6, 6.07) is 18.3. The molecule has 2 heterocycles. The van der Waals surface area contributed by atoms with Crippen LogP contribution in [0, 0.1) is 10.1 Å². The van der Waals surface area contributed by atoms with E-state index < -0.39 is 23.0 Å². The lowest BCUT2D eigenvalue weighted by Crippen LogP contribution is -2.47. The van der Waals surface area contributed by atoms with E-state index in [-0.39, 0.29) is 18.7 Å². The summed E-state index contributed by atoms with van der Waals surface area (Å²) in [6.45, 7) is 2.48. The zero-order valence-corrected chi connectivity index (χ0v) is 25.5. The summed E-state index contributed by atoms with van der Waals surface area (Å²) in [4.78, 5) is 48.7. The van der Waals surface area contributed by atoms with Gasteiger partial charge in [0.2, 0.25) is 0 Å². The molecule has 230 valence electrons. The largest absolute Gasteiger partial charge is 0.494 e. The van der Waals surface area contributed by atoms with E-state index in [0.29, 0.717) is 27.1 Å². The van der Waals surface area contributed by atoms with E-state index in [1.54, 1.807) is 12.1 Å². The smallest absolute Gasteiger partial charge is 0.408 e. The maximum atomic E-state index is 13.0. The van der Waals surface area contributed by atoms with Crippen molar-refractivity contribution in [1.82, 2.24) is 25.7 Å². The number of thiazole rings is 1. The fraction of sp³-hybridized carbons (Fsp3) is 0.167. The van der Waals surface area contributed by atoms with E-state index in [9.17, 15) is 19.7 Å². The highest BCUT2D eigenvalue weighted by Crippen LogP contribution is 2.39. The van der Waals surface area contributed by atoms with Crippen molar-refractivity contribution in [2.75, 3.05) is 6.61 Å². The lowest BCUT2D eigenvalue weighted by molar-refractivity contribution is -0.387. The zero-order chi connectivity index (χ0) is 31.6. The molecule has 0 bridgehead atoms. The molecule has 0 spiro atoms. The third-order valence-electron chi connectivity index (χ3n) is 6.22. The van der Waals surface area contributed by atoms with Crippen LogP contribution in [0.15, 0.2) is 93.6 Å². The Morgan fingerprint density at radius 1 is 1.18 bits per heavy atom. The van der Waals surface area contributed by atoms with Gasteiger partial charge in [0.15, 0.2) is 4.34 Å². The number of imidazole rings is 1. The van der Waals surface area contributed by atoms with E-state index >= 15 is 0 Å². The normalized spacial score (nSPS) is 11.8. The number of nitrogens with one attached hydrogen (secondary N) is 3. The lowest BCUT2D eigenvalue weighted by atomic mass is 10.1. The predicted molar refractivity (Wildman–Crippen MR) is 170 cm³/mol. The van der Waals surface area contributed by atoms with Gasteiger partial charge in [-0.15, -0.1) is 11.3 Å². The third-order valence-corrected chi connectivity index (χ3v) is 8.36. The molecule has 2 amide bonds.